The number of para-hydroxylation sites is 2. The third-order valence-corrected chi connectivity index (χ3v) is 6.64. The number of furan rings is 1. The Morgan fingerprint density at radius 3 is 2.84 bits per heavy atom. The van der Waals surface area contributed by atoms with Crippen LogP contribution in [0.25, 0.3) is 22.4 Å². The minimum atomic E-state index is -0.327. The number of amides is 2. The van der Waals surface area contributed by atoms with Gasteiger partial charge >= 0.3 is 0 Å². The van der Waals surface area contributed by atoms with E-state index in [1.165, 1.54) is 23.1 Å². The Morgan fingerprint density at radius 1 is 1.13 bits per heavy atom. The third kappa shape index (κ3) is 3.98. The first-order chi connectivity index (χ1) is 15.2. The molecule has 8 heteroatoms. The monoisotopic (exact) mass is 434 g/mol. The van der Waals surface area contributed by atoms with E-state index in [1.807, 2.05) is 24.3 Å². The maximum atomic E-state index is 12.6. The summed E-state index contributed by atoms with van der Waals surface area (Å²) in [5.74, 6) is 0.559. The summed E-state index contributed by atoms with van der Waals surface area (Å²) in [6.45, 7) is 0.233. The molecule has 1 aromatic carbocycles. The molecule has 0 saturated carbocycles. The summed E-state index contributed by atoms with van der Waals surface area (Å²) in [5.41, 5.74) is 4.18. The van der Waals surface area contributed by atoms with Gasteiger partial charge in [0.1, 0.15) is 10.8 Å². The molecule has 3 heterocycles. The van der Waals surface area contributed by atoms with Crippen molar-refractivity contribution in [3.63, 3.8) is 0 Å². The van der Waals surface area contributed by atoms with Crippen molar-refractivity contribution in [2.75, 3.05) is 11.9 Å². The lowest BCUT2D eigenvalue weighted by Gasteiger charge is -2.12. The summed E-state index contributed by atoms with van der Waals surface area (Å²) >= 11 is 1.64. The molecule has 0 atom stereocenters. The van der Waals surface area contributed by atoms with Crippen molar-refractivity contribution in [2.24, 2.45) is 0 Å². The van der Waals surface area contributed by atoms with Crippen LogP contribution in [0.2, 0.25) is 0 Å². The number of fused-ring (bicyclic) bond motifs is 2. The number of carbonyl (C=O) groups is 2. The average molecular weight is 435 g/mol. The summed E-state index contributed by atoms with van der Waals surface area (Å²) < 4.78 is 5.06. The molecule has 0 fully saturated rings. The van der Waals surface area contributed by atoms with Crippen LogP contribution in [0.4, 0.5) is 5.00 Å². The number of thiophene rings is 1. The molecule has 0 saturated heterocycles. The quantitative estimate of drug-likeness (QED) is 0.415. The largest absolute Gasteiger partial charge is 0.459 e. The van der Waals surface area contributed by atoms with Crippen LogP contribution in [0, 0.1) is 0 Å². The zero-order chi connectivity index (χ0) is 21.2. The fourth-order valence-corrected chi connectivity index (χ4v) is 5.26. The number of benzene rings is 1. The average Bonchev–Trinajstić information content (AvgIpc) is 3.51. The summed E-state index contributed by atoms with van der Waals surface area (Å²) in [7, 11) is 0. The van der Waals surface area contributed by atoms with Crippen LogP contribution in [0.5, 0.6) is 0 Å². The maximum Gasteiger partial charge on any atom is 0.286 e. The molecule has 7 nitrogen and oxygen atoms in total. The SMILES string of the molecule is O=C(CCNC(=O)c1ccco1)Nc1sc2c(c1-c1nc3ccccc3[nH]1)CCCC2. The first-order valence-corrected chi connectivity index (χ1v) is 11.2. The first-order valence-electron chi connectivity index (χ1n) is 10.4. The third-order valence-electron chi connectivity index (χ3n) is 5.43. The second kappa shape index (κ2) is 8.39. The van der Waals surface area contributed by atoms with Gasteiger partial charge in [0, 0.05) is 17.8 Å². The van der Waals surface area contributed by atoms with E-state index in [1.54, 1.807) is 23.5 Å². The van der Waals surface area contributed by atoms with Crippen LogP contribution in [0.3, 0.4) is 0 Å². The smallest absolute Gasteiger partial charge is 0.286 e. The number of aromatic amines is 1. The molecule has 0 aliphatic heterocycles. The van der Waals surface area contributed by atoms with Crippen LogP contribution in [0.15, 0.2) is 47.1 Å². The van der Waals surface area contributed by atoms with Gasteiger partial charge in [-0.05, 0) is 55.5 Å². The predicted octanol–water partition coefficient (Wildman–Crippen LogP) is 4.52. The number of aryl methyl sites for hydroxylation is 1. The fraction of sp³-hybridized carbons (Fsp3) is 0.261. The Hall–Kier alpha value is -3.39. The molecule has 31 heavy (non-hydrogen) atoms. The number of imidazole rings is 1. The molecule has 0 spiro atoms. The van der Waals surface area contributed by atoms with Crippen molar-refractivity contribution in [3.05, 3.63) is 58.9 Å². The van der Waals surface area contributed by atoms with Crippen LogP contribution in [-0.2, 0) is 17.6 Å². The van der Waals surface area contributed by atoms with E-state index in [4.69, 9.17) is 9.40 Å². The lowest BCUT2D eigenvalue weighted by Crippen LogP contribution is -2.27. The molecule has 5 rings (SSSR count). The molecule has 0 radical (unpaired) electrons. The topological polar surface area (TPSA) is 100 Å². The molecule has 1 aliphatic rings. The van der Waals surface area contributed by atoms with Crippen molar-refractivity contribution in [1.29, 1.82) is 0 Å². The molecule has 3 aromatic heterocycles. The Balaban J connectivity index is 1.34. The van der Waals surface area contributed by atoms with Crippen molar-refractivity contribution < 1.29 is 14.0 Å². The standard InChI is InChI=1S/C23H22N4O3S/c28-19(11-12-24-22(29)17-9-5-13-30-17)27-23-20(14-6-1-4-10-18(14)31-23)21-25-15-7-2-3-8-16(15)26-21/h2-3,5,7-9,13H,1,4,6,10-12H2,(H,24,29)(H,25,26)(H,27,28). The van der Waals surface area contributed by atoms with Gasteiger partial charge in [0.05, 0.1) is 22.9 Å². The number of anilines is 1. The number of aromatic nitrogens is 2. The van der Waals surface area contributed by atoms with Gasteiger partial charge in [-0.15, -0.1) is 11.3 Å². The Labute approximate surface area is 182 Å². The summed E-state index contributed by atoms with van der Waals surface area (Å²) in [5, 5.41) is 6.60. The van der Waals surface area contributed by atoms with Gasteiger partial charge < -0.3 is 20.0 Å². The maximum absolute atomic E-state index is 12.6. The molecule has 1 aliphatic carbocycles. The highest BCUT2D eigenvalue weighted by molar-refractivity contribution is 7.17. The second-order valence-electron chi connectivity index (χ2n) is 7.55. The highest BCUT2D eigenvalue weighted by atomic mass is 32.1. The van der Waals surface area contributed by atoms with Gasteiger partial charge in [-0.3, -0.25) is 9.59 Å². The molecular formula is C23H22N4O3S. The fourth-order valence-electron chi connectivity index (χ4n) is 3.95. The van der Waals surface area contributed by atoms with Crippen molar-refractivity contribution >= 4 is 39.2 Å². The van der Waals surface area contributed by atoms with E-state index in [2.05, 4.69) is 15.6 Å². The van der Waals surface area contributed by atoms with Gasteiger partial charge in [-0.25, -0.2) is 4.98 Å². The number of H-pyrrole nitrogens is 1. The number of nitrogens with zero attached hydrogens (tertiary/aromatic N) is 1. The molecule has 4 aromatic rings. The van der Waals surface area contributed by atoms with E-state index in [9.17, 15) is 9.59 Å². The van der Waals surface area contributed by atoms with E-state index in [0.717, 1.165) is 46.7 Å². The lowest BCUT2D eigenvalue weighted by atomic mass is 9.95. The van der Waals surface area contributed by atoms with Crippen molar-refractivity contribution in [3.8, 4) is 11.4 Å². The minimum absolute atomic E-state index is 0.143. The van der Waals surface area contributed by atoms with E-state index in [-0.39, 0.29) is 30.5 Å². The van der Waals surface area contributed by atoms with Gasteiger partial charge in [0.25, 0.3) is 5.91 Å². The normalized spacial score (nSPS) is 13.2. The minimum Gasteiger partial charge on any atom is -0.459 e. The summed E-state index contributed by atoms with van der Waals surface area (Å²) in [6.07, 6.45) is 5.95. The van der Waals surface area contributed by atoms with Gasteiger partial charge in [0.15, 0.2) is 5.76 Å². The summed E-state index contributed by atoms with van der Waals surface area (Å²) in [6, 6.07) is 11.2. The summed E-state index contributed by atoms with van der Waals surface area (Å²) in [4.78, 5) is 34.1. The van der Waals surface area contributed by atoms with Crippen LogP contribution in [0.1, 0.15) is 40.3 Å². The van der Waals surface area contributed by atoms with Crippen molar-refractivity contribution in [2.45, 2.75) is 32.1 Å². The lowest BCUT2D eigenvalue weighted by molar-refractivity contribution is -0.116. The van der Waals surface area contributed by atoms with E-state index < -0.39 is 0 Å². The Morgan fingerprint density at radius 2 is 2.00 bits per heavy atom. The molecule has 3 N–H and O–H groups in total. The molecule has 158 valence electrons. The number of carbonyl (C=O) groups excluding carboxylic acids is 2. The molecule has 0 unspecified atom stereocenters. The van der Waals surface area contributed by atoms with Crippen LogP contribution in [-0.4, -0.2) is 28.3 Å². The molecule has 2 amide bonds. The zero-order valence-corrected chi connectivity index (χ0v) is 17.7. The van der Waals surface area contributed by atoms with Gasteiger partial charge in [-0.2, -0.15) is 0 Å². The highest BCUT2D eigenvalue weighted by Crippen LogP contribution is 2.43. The highest BCUT2D eigenvalue weighted by Gasteiger charge is 2.25. The van der Waals surface area contributed by atoms with Gasteiger partial charge in [0.2, 0.25) is 5.91 Å². The molecular weight excluding hydrogens is 412 g/mol. The van der Waals surface area contributed by atoms with E-state index >= 15 is 0 Å². The second-order valence-corrected chi connectivity index (χ2v) is 8.65. The Bertz CT molecular complexity index is 1210. The van der Waals surface area contributed by atoms with E-state index in [0.29, 0.717) is 0 Å². The first kappa shape index (κ1) is 19.6. The predicted molar refractivity (Wildman–Crippen MR) is 120 cm³/mol. The number of rotatable bonds is 6. The molecule has 0 bridgehead atoms. The number of hydrogen-bond donors (Lipinski definition) is 3. The van der Waals surface area contributed by atoms with Crippen LogP contribution >= 0.6 is 11.3 Å². The number of hydrogen-bond acceptors (Lipinski definition) is 5. The van der Waals surface area contributed by atoms with Crippen LogP contribution < -0.4 is 10.6 Å². The number of nitrogens with one attached hydrogen (secondary N) is 3. The van der Waals surface area contributed by atoms with Crippen molar-refractivity contribution in [1.82, 2.24) is 15.3 Å². The van der Waals surface area contributed by atoms with Gasteiger partial charge in [-0.1, -0.05) is 12.1 Å². The Kier molecular flexibility index (Phi) is 5.30. The zero-order valence-electron chi connectivity index (χ0n) is 16.9.